The summed E-state index contributed by atoms with van der Waals surface area (Å²) in [7, 11) is 0. The molecule has 7 nitrogen and oxygen atoms in total. The molecular formula is C19H10BrCl5N2O5. The van der Waals surface area contributed by atoms with Crippen molar-refractivity contribution < 1.29 is 23.9 Å². The van der Waals surface area contributed by atoms with Gasteiger partial charge in [-0.2, -0.15) is 0 Å². The Labute approximate surface area is 214 Å². The largest absolute Gasteiger partial charge is 0.454 e. The smallest absolute Gasteiger partial charge is 0.329 e. The first-order chi connectivity index (χ1) is 15.0. The lowest BCUT2D eigenvalue weighted by Gasteiger charge is -2.20. The number of benzene rings is 2. The summed E-state index contributed by atoms with van der Waals surface area (Å²) in [5, 5.41) is 1.83. The number of anilines is 1. The van der Waals surface area contributed by atoms with Gasteiger partial charge in [-0.15, -0.1) is 0 Å². The molecule has 1 aliphatic heterocycles. The first-order valence-electron chi connectivity index (χ1n) is 8.61. The van der Waals surface area contributed by atoms with E-state index in [1.165, 1.54) is 6.92 Å². The lowest BCUT2D eigenvalue weighted by atomic mass is 10.1. The minimum Gasteiger partial charge on any atom is -0.454 e. The lowest BCUT2D eigenvalue weighted by molar-refractivity contribution is -0.150. The molecule has 0 spiro atoms. The summed E-state index contributed by atoms with van der Waals surface area (Å²) in [5.41, 5.74) is -0.223. The molecule has 3 rings (SSSR count). The van der Waals surface area contributed by atoms with Crippen LogP contribution in [-0.4, -0.2) is 41.2 Å². The second-order valence-corrected chi connectivity index (χ2v) is 9.28. The van der Waals surface area contributed by atoms with Crippen LogP contribution < -0.4 is 5.32 Å². The van der Waals surface area contributed by atoms with Crippen LogP contribution in [0.1, 0.15) is 27.6 Å². The van der Waals surface area contributed by atoms with Crippen molar-refractivity contribution in [1.29, 1.82) is 0 Å². The molecule has 1 aliphatic rings. The van der Waals surface area contributed by atoms with E-state index in [-0.39, 0.29) is 36.2 Å². The van der Waals surface area contributed by atoms with E-state index in [4.69, 9.17) is 62.7 Å². The first-order valence-corrected chi connectivity index (χ1v) is 11.3. The molecule has 0 bridgehead atoms. The van der Waals surface area contributed by atoms with E-state index in [0.717, 1.165) is 0 Å². The number of esters is 1. The van der Waals surface area contributed by atoms with Crippen molar-refractivity contribution in [3.8, 4) is 0 Å². The Hall–Kier alpha value is -1.55. The molecule has 0 fully saturated rings. The average molecular weight is 603 g/mol. The van der Waals surface area contributed by atoms with E-state index in [2.05, 4.69) is 21.2 Å². The highest BCUT2D eigenvalue weighted by Gasteiger charge is 2.45. The van der Waals surface area contributed by atoms with Gasteiger partial charge in [0.05, 0.1) is 41.9 Å². The number of hydrogen-bond acceptors (Lipinski definition) is 5. The molecule has 0 radical (unpaired) electrons. The molecule has 0 saturated heterocycles. The molecular weight excluding hydrogens is 593 g/mol. The van der Waals surface area contributed by atoms with E-state index in [1.807, 2.05) is 0 Å². The molecule has 2 aromatic rings. The molecule has 13 heteroatoms. The van der Waals surface area contributed by atoms with Crippen LogP contribution in [0.5, 0.6) is 0 Å². The number of carbonyl (C=O) groups excluding carboxylic acids is 4. The zero-order valence-electron chi connectivity index (χ0n) is 15.8. The van der Waals surface area contributed by atoms with Crippen molar-refractivity contribution in [2.45, 2.75) is 13.0 Å². The zero-order chi connectivity index (χ0) is 23.9. The molecule has 1 N–H and O–H groups in total. The SMILES string of the molecule is C[C@@H](C(=O)OCC(=O)Nc1ccc(Br)cc1Cl)N1C(=O)c2c(Cl)c(Cl)c(Cl)c(Cl)c2C1=O. The van der Waals surface area contributed by atoms with Gasteiger partial charge in [-0.1, -0.05) is 73.9 Å². The number of amides is 3. The predicted octanol–water partition coefficient (Wildman–Crippen LogP) is 5.88. The van der Waals surface area contributed by atoms with Gasteiger partial charge < -0.3 is 10.1 Å². The maximum absolute atomic E-state index is 12.8. The third-order valence-corrected chi connectivity index (χ3v) is 7.02. The van der Waals surface area contributed by atoms with E-state index in [1.54, 1.807) is 18.2 Å². The number of imide groups is 1. The van der Waals surface area contributed by atoms with Crippen molar-refractivity contribution in [3.63, 3.8) is 0 Å². The number of halogens is 6. The summed E-state index contributed by atoms with van der Waals surface area (Å²) in [5.74, 6) is -3.49. The summed E-state index contributed by atoms with van der Waals surface area (Å²) in [6, 6.07) is 3.39. The molecule has 0 aliphatic carbocycles. The molecule has 0 saturated carbocycles. The van der Waals surface area contributed by atoms with Gasteiger partial charge in [-0.25, -0.2) is 4.79 Å². The van der Waals surface area contributed by atoms with E-state index >= 15 is 0 Å². The fourth-order valence-corrected chi connectivity index (χ4v) is 4.59. The number of hydrogen-bond donors (Lipinski definition) is 1. The fourth-order valence-electron chi connectivity index (χ4n) is 2.86. The highest BCUT2D eigenvalue weighted by molar-refractivity contribution is 9.10. The van der Waals surface area contributed by atoms with E-state index < -0.39 is 36.3 Å². The van der Waals surface area contributed by atoms with Gasteiger partial charge in [0.1, 0.15) is 6.04 Å². The first kappa shape index (κ1) is 25.1. The summed E-state index contributed by atoms with van der Waals surface area (Å²) in [6.45, 7) is 0.566. The number of nitrogens with one attached hydrogen (secondary N) is 1. The highest BCUT2D eigenvalue weighted by atomic mass is 79.9. The van der Waals surface area contributed by atoms with Gasteiger partial charge in [0, 0.05) is 4.47 Å². The van der Waals surface area contributed by atoms with Crippen molar-refractivity contribution in [2.75, 3.05) is 11.9 Å². The molecule has 168 valence electrons. The predicted molar refractivity (Wildman–Crippen MR) is 125 cm³/mol. The Bertz CT molecular complexity index is 1140. The summed E-state index contributed by atoms with van der Waals surface area (Å²) in [4.78, 5) is 50.7. The molecule has 0 aromatic heterocycles. The fraction of sp³-hybridized carbons (Fsp3) is 0.158. The minimum absolute atomic E-state index is 0.196. The van der Waals surface area contributed by atoms with Gasteiger partial charge in [-0.3, -0.25) is 19.3 Å². The minimum atomic E-state index is -1.39. The molecule has 0 unspecified atom stereocenters. The molecule has 32 heavy (non-hydrogen) atoms. The van der Waals surface area contributed by atoms with Crippen molar-refractivity contribution in [3.05, 3.63) is 58.9 Å². The number of ether oxygens (including phenoxy) is 1. The molecule has 1 atom stereocenters. The van der Waals surface area contributed by atoms with Gasteiger partial charge in [0.25, 0.3) is 17.7 Å². The van der Waals surface area contributed by atoms with Crippen LogP contribution in [0.4, 0.5) is 5.69 Å². The number of nitrogens with zero attached hydrogens (tertiary/aromatic N) is 1. The van der Waals surface area contributed by atoms with Gasteiger partial charge in [-0.05, 0) is 25.1 Å². The molecule has 3 amide bonds. The zero-order valence-corrected chi connectivity index (χ0v) is 21.1. The Kier molecular flexibility index (Phi) is 7.64. The van der Waals surface area contributed by atoms with Crippen molar-refractivity contribution >= 4 is 103 Å². The highest BCUT2D eigenvalue weighted by Crippen LogP contribution is 2.45. The Balaban J connectivity index is 1.71. The van der Waals surface area contributed by atoms with Gasteiger partial charge in [0.15, 0.2) is 6.61 Å². The van der Waals surface area contributed by atoms with E-state index in [9.17, 15) is 19.2 Å². The summed E-state index contributed by atoms with van der Waals surface area (Å²) >= 11 is 33.3. The maximum Gasteiger partial charge on any atom is 0.329 e. The Morgan fingerprint density at radius 2 is 1.53 bits per heavy atom. The monoisotopic (exact) mass is 600 g/mol. The molecule has 2 aromatic carbocycles. The van der Waals surface area contributed by atoms with E-state index in [0.29, 0.717) is 15.1 Å². The van der Waals surface area contributed by atoms with Crippen LogP contribution in [0.2, 0.25) is 25.1 Å². The quantitative estimate of drug-likeness (QED) is 0.200. The van der Waals surface area contributed by atoms with Crippen LogP contribution in [0.15, 0.2) is 22.7 Å². The normalized spacial score (nSPS) is 13.8. The topological polar surface area (TPSA) is 92.8 Å². The van der Waals surface area contributed by atoms with Crippen molar-refractivity contribution in [2.24, 2.45) is 0 Å². The van der Waals surface area contributed by atoms with Crippen LogP contribution in [0.25, 0.3) is 0 Å². The molecule has 1 heterocycles. The summed E-state index contributed by atoms with van der Waals surface area (Å²) < 4.78 is 5.66. The lowest BCUT2D eigenvalue weighted by Crippen LogP contribution is -2.44. The summed E-state index contributed by atoms with van der Waals surface area (Å²) in [6.07, 6.45) is 0. The second-order valence-electron chi connectivity index (χ2n) is 6.44. The van der Waals surface area contributed by atoms with Gasteiger partial charge >= 0.3 is 5.97 Å². The van der Waals surface area contributed by atoms with Gasteiger partial charge in [0.2, 0.25) is 0 Å². The Morgan fingerprint density at radius 1 is 1.00 bits per heavy atom. The average Bonchev–Trinajstić information content (AvgIpc) is 3.00. The van der Waals surface area contributed by atoms with Crippen LogP contribution in [0.3, 0.4) is 0 Å². The van der Waals surface area contributed by atoms with Crippen LogP contribution in [0, 0.1) is 0 Å². The third kappa shape index (κ3) is 4.58. The van der Waals surface area contributed by atoms with Crippen LogP contribution in [-0.2, 0) is 14.3 Å². The van der Waals surface area contributed by atoms with Crippen molar-refractivity contribution in [1.82, 2.24) is 4.90 Å². The Morgan fingerprint density at radius 3 is 2.03 bits per heavy atom. The number of carbonyl (C=O) groups is 4. The standard InChI is InChI=1S/C19H10BrCl5N2O5/c1-6(19(31)32-5-10(28)26-9-3-2-7(20)4-8(9)21)27-17(29)11-12(18(27)30)14(23)16(25)15(24)13(11)22/h2-4,6H,5H2,1H3,(H,26,28)/t6-/m0/s1. The number of fused-ring (bicyclic) bond motifs is 1. The maximum atomic E-state index is 12.8. The third-order valence-electron chi connectivity index (χ3n) is 4.41. The second kappa shape index (κ2) is 9.75. The van der Waals surface area contributed by atoms with Crippen LogP contribution >= 0.6 is 73.9 Å². The number of rotatable bonds is 5.